The van der Waals surface area contributed by atoms with Crippen LogP contribution in [0.25, 0.3) is 67.1 Å². The van der Waals surface area contributed by atoms with E-state index in [1.807, 2.05) is 12.4 Å². The highest BCUT2D eigenvalue weighted by atomic mass is 32.1. The molecular formula is C22H6F2N2S8. The van der Waals surface area contributed by atoms with Crippen LogP contribution < -0.4 is 0 Å². The Bertz CT molecular complexity index is 1870. The molecule has 0 fully saturated rings. The second-order valence-electron chi connectivity index (χ2n) is 7.36. The molecule has 0 saturated carbocycles. The van der Waals surface area contributed by atoms with Gasteiger partial charge >= 0.3 is 0 Å². The van der Waals surface area contributed by atoms with Gasteiger partial charge in [0.1, 0.15) is 0 Å². The van der Waals surface area contributed by atoms with Gasteiger partial charge in [-0.15, -0.1) is 90.7 Å². The van der Waals surface area contributed by atoms with E-state index in [-0.39, 0.29) is 10.3 Å². The summed E-state index contributed by atoms with van der Waals surface area (Å²) in [7, 11) is 0. The van der Waals surface area contributed by atoms with E-state index in [0.29, 0.717) is 0 Å². The normalized spacial score (nSPS) is 12.4. The molecule has 0 atom stereocenters. The molecule has 0 unspecified atom stereocenters. The number of thiazole rings is 2. The number of rotatable bonds is 3. The lowest BCUT2D eigenvalue weighted by molar-refractivity contribution is 0.658. The molecule has 0 aliphatic heterocycles. The number of hydrogen-bond acceptors (Lipinski definition) is 10. The van der Waals surface area contributed by atoms with Gasteiger partial charge in [0.2, 0.25) is 0 Å². The maximum absolute atomic E-state index is 13.6. The molecule has 0 aliphatic rings. The number of halogens is 2. The third kappa shape index (κ3) is 3.07. The van der Waals surface area contributed by atoms with Crippen LogP contribution in [-0.2, 0) is 0 Å². The van der Waals surface area contributed by atoms with Gasteiger partial charge in [-0.25, -0.2) is 9.97 Å². The first-order chi connectivity index (χ1) is 16.6. The van der Waals surface area contributed by atoms with Crippen LogP contribution in [0.4, 0.5) is 8.78 Å². The standard InChI is InChI=1S/C22H6F2N2S8/c23-15-3-11-19(33-15)17-9(27-11)1-7(29-17)13-5-25-21(31-13)22-26-6-14(32-22)8-2-10-18(30-8)20-12(28-10)4-16(24)34-20/h1-6H. The highest BCUT2D eigenvalue weighted by Gasteiger charge is 2.19. The number of nitrogens with zero attached hydrogens (tertiary/aromatic N) is 2. The lowest BCUT2D eigenvalue weighted by atomic mass is 10.4. The number of fused-ring (bicyclic) bond motifs is 6. The van der Waals surface area contributed by atoms with Crippen molar-refractivity contribution in [3.8, 4) is 29.5 Å². The summed E-state index contributed by atoms with van der Waals surface area (Å²) in [5.41, 5.74) is 0. The van der Waals surface area contributed by atoms with E-state index in [2.05, 4.69) is 22.1 Å². The lowest BCUT2D eigenvalue weighted by Gasteiger charge is -1.89. The highest BCUT2D eigenvalue weighted by molar-refractivity contribution is 7.40. The molecule has 8 aromatic heterocycles. The molecule has 8 heterocycles. The van der Waals surface area contributed by atoms with E-state index >= 15 is 0 Å². The number of hydrogen-bond donors (Lipinski definition) is 0. The van der Waals surface area contributed by atoms with Gasteiger partial charge in [0.15, 0.2) is 20.3 Å². The number of aromatic nitrogens is 2. The first-order valence-electron chi connectivity index (χ1n) is 9.74. The smallest absolute Gasteiger partial charge is 0.178 e. The fraction of sp³-hybridized carbons (Fsp3) is 0. The summed E-state index contributed by atoms with van der Waals surface area (Å²) in [6.07, 6.45) is 3.82. The van der Waals surface area contributed by atoms with Gasteiger partial charge in [-0.05, 0) is 12.1 Å². The summed E-state index contributed by atoms with van der Waals surface area (Å²) in [5.74, 6) is 0. The third-order valence-electron chi connectivity index (χ3n) is 5.26. The number of thiophene rings is 6. The van der Waals surface area contributed by atoms with Crippen LogP contribution in [0.5, 0.6) is 0 Å². The van der Waals surface area contributed by atoms with Gasteiger partial charge in [0.05, 0.1) is 38.0 Å². The predicted octanol–water partition coefficient (Wildman–Crippen LogP) is 10.9. The zero-order valence-corrected chi connectivity index (χ0v) is 22.9. The average molecular weight is 593 g/mol. The quantitative estimate of drug-likeness (QED) is 0.204. The minimum Gasteiger partial charge on any atom is -0.241 e. The van der Waals surface area contributed by atoms with E-state index in [4.69, 9.17) is 0 Å². The van der Waals surface area contributed by atoms with Gasteiger partial charge in [0.25, 0.3) is 0 Å². The van der Waals surface area contributed by atoms with E-state index < -0.39 is 0 Å². The molecule has 2 nitrogen and oxygen atoms in total. The average Bonchev–Trinajstić information content (AvgIpc) is 3.59. The van der Waals surface area contributed by atoms with Crippen LogP contribution in [0.1, 0.15) is 0 Å². The van der Waals surface area contributed by atoms with Crippen LogP contribution in [0.15, 0.2) is 36.7 Å². The van der Waals surface area contributed by atoms with Crippen molar-refractivity contribution in [3.05, 3.63) is 46.9 Å². The fourth-order valence-electron chi connectivity index (χ4n) is 3.83. The van der Waals surface area contributed by atoms with Gasteiger partial charge in [-0.3, -0.25) is 0 Å². The zero-order valence-electron chi connectivity index (χ0n) is 16.4. The van der Waals surface area contributed by atoms with Crippen LogP contribution in [0.2, 0.25) is 0 Å². The van der Waals surface area contributed by atoms with Crippen LogP contribution >= 0.6 is 90.7 Å². The van der Waals surface area contributed by atoms with Crippen molar-refractivity contribution >= 4 is 128 Å². The Morgan fingerprint density at radius 3 is 1.32 bits per heavy atom. The zero-order chi connectivity index (χ0) is 22.6. The second-order valence-corrected chi connectivity index (χ2v) is 15.7. The molecule has 166 valence electrons. The molecule has 0 saturated heterocycles. The van der Waals surface area contributed by atoms with Crippen molar-refractivity contribution < 1.29 is 8.78 Å². The minimum atomic E-state index is -0.129. The van der Waals surface area contributed by atoms with E-state index in [1.54, 1.807) is 80.2 Å². The summed E-state index contributed by atoms with van der Waals surface area (Å²) in [5, 5.41) is 1.54. The molecule has 0 aromatic carbocycles. The monoisotopic (exact) mass is 592 g/mol. The first kappa shape index (κ1) is 20.5. The van der Waals surface area contributed by atoms with Gasteiger partial charge < -0.3 is 0 Å². The Balaban J connectivity index is 1.14. The van der Waals surface area contributed by atoms with Crippen LogP contribution in [0, 0.1) is 10.3 Å². The Morgan fingerprint density at radius 1 is 0.441 bits per heavy atom. The summed E-state index contributed by atoms with van der Waals surface area (Å²) < 4.78 is 36.1. The molecule has 0 radical (unpaired) electrons. The minimum absolute atomic E-state index is 0.129. The lowest BCUT2D eigenvalue weighted by Crippen LogP contribution is -1.68. The van der Waals surface area contributed by atoms with Crippen molar-refractivity contribution in [1.82, 2.24) is 9.97 Å². The SMILES string of the molecule is Fc1cc2sc3cc(-c4cnc(-c5ncc(-c6cc7sc8cc(F)sc8c7s6)s5)s4)sc3c2s1. The molecule has 0 spiro atoms. The Kier molecular flexibility index (Phi) is 4.49. The summed E-state index contributed by atoms with van der Waals surface area (Å²) in [6, 6.07) is 7.62. The van der Waals surface area contributed by atoms with Gasteiger partial charge in [0, 0.05) is 43.7 Å². The summed E-state index contributed by atoms with van der Waals surface area (Å²) in [4.78, 5) is 13.8. The third-order valence-corrected chi connectivity index (χ3v) is 14.9. The molecule has 12 heteroatoms. The molecule has 34 heavy (non-hydrogen) atoms. The topological polar surface area (TPSA) is 25.8 Å². The van der Waals surface area contributed by atoms with E-state index in [1.165, 1.54) is 32.1 Å². The predicted molar refractivity (Wildman–Crippen MR) is 151 cm³/mol. The van der Waals surface area contributed by atoms with Gasteiger partial charge in [-0.1, -0.05) is 0 Å². The van der Waals surface area contributed by atoms with E-state index in [9.17, 15) is 8.78 Å². The first-order valence-corrected chi connectivity index (χ1v) is 16.3. The molecule has 0 amide bonds. The van der Waals surface area contributed by atoms with Crippen molar-refractivity contribution in [2.45, 2.75) is 0 Å². The van der Waals surface area contributed by atoms with Crippen molar-refractivity contribution in [2.75, 3.05) is 0 Å². The summed E-state index contributed by atoms with van der Waals surface area (Å²) >= 11 is 12.4. The Morgan fingerprint density at radius 2 is 0.853 bits per heavy atom. The second kappa shape index (κ2) is 7.43. The molecule has 0 N–H and O–H groups in total. The Hall–Kier alpha value is -1.64. The highest BCUT2D eigenvalue weighted by Crippen LogP contribution is 2.49. The largest absolute Gasteiger partial charge is 0.241 e. The molecular weight excluding hydrogens is 587 g/mol. The maximum atomic E-state index is 13.6. The summed E-state index contributed by atoms with van der Waals surface area (Å²) in [6.45, 7) is 0. The van der Waals surface area contributed by atoms with Crippen molar-refractivity contribution in [1.29, 1.82) is 0 Å². The maximum Gasteiger partial charge on any atom is 0.178 e. The molecule has 0 bridgehead atoms. The Labute approximate surface area is 221 Å². The van der Waals surface area contributed by atoms with Crippen molar-refractivity contribution in [3.63, 3.8) is 0 Å². The van der Waals surface area contributed by atoms with Crippen molar-refractivity contribution in [2.24, 2.45) is 0 Å². The van der Waals surface area contributed by atoms with Crippen LogP contribution in [-0.4, -0.2) is 9.97 Å². The van der Waals surface area contributed by atoms with Crippen LogP contribution in [0.3, 0.4) is 0 Å². The molecule has 8 rings (SSSR count). The molecule has 0 aliphatic carbocycles. The fourth-order valence-corrected chi connectivity index (χ4v) is 13.3. The molecule has 8 aromatic rings. The van der Waals surface area contributed by atoms with Gasteiger partial charge in [-0.2, -0.15) is 8.78 Å². The van der Waals surface area contributed by atoms with E-state index in [0.717, 1.165) is 57.7 Å².